The summed E-state index contributed by atoms with van der Waals surface area (Å²) in [5.41, 5.74) is 3.01. The molecule has 4 heteroatoms. The third kappa shape index (κ3) is 3.47. The summed E-state index contributed by atoms with van der Waals surface area (Å²) < 4.78 is 5.41. The summed E-state index contributed by atoms with van der Waals surface area (Å²) >= 11 is 0. The molecule has 19 heavy (non-hydrogen) atoms. The number of fused-ring (bicyclic) bond motifs is 1. The van der Waals surface area contributed by atoms with Crippen molar-refractivity contribution in [3.05, 3.63) is 29.3 Å². The monoisotopic (exact) mass is 262 g/mol. The standard InChI is InChI=1S/C15H22N2O2/c1-3-19-11(2)10-17-15(18)13-6-4-8-14-12(13)7-5-9-16-14/h4,6,8,11,16H,3,5,7,9-10H2,1-2H3,(H,17,18). The molecule has 0 aliphatic carbocycles. The first-order valence-electron chi connectivity index (χ1n) is 6.98. The number of rotatable bonds is 5. The van der Waals surface area contributed by atoms with Crippen LogP contribution in [0.15, 0.2) is 18.2 Å². The Hall–Kier alpha value is -1.55. The first kappa shape index (κ1) is 13.9. The average molecular weight is 262 g/mol. The van der Waals surface area contributed by atoms with Gasteiger partial charge < -0.3 is 15.4 Å². The van der Waals surface area contributed by atoms with Crippen LogP contribution in [0.3, 0.4) is 0 Å². The van der Waals surface area contributed by atoms with Crippen LogP contribution in [-0.4, -0.2) is 31.7 Å². The number of hydrogen-bond acceptors (Lipinski definition) is 3. The van der Waals surface area contributed by atoms with E-state index in [1.54, 1.807) is 0 Å². The number of benzene rings is 1. The van der Waals surface area contributed by atoms with E-state index in [0.29, 0.717) is 13.2 Å². The Bertz CT molecular complexity index is 446. The number of hydrogen-bond donors (Lipinski definition) is 2. The Morgan fingerprint density at radius 1 is 1.53 bits per heavy atom. The van der Waals surface area contributed by atoms with Crippen molar-refractivity contribution in [1.29, 1.82) is 0 Å². The predicted molar refractivity (Wildman–Crippen MR) is 76.7 cm³/mol. The van der Waals surface area contributed by atoms with Crippen LogP contribution in [0.5, 0.6) is 0 Å². The highest BCUT2D eigenvalue weighted by Crippen LogP contribution is 2.25. The molecule has 2 rings (SSSR count). The van der Waals surface area contributed by atoms with Crippen molar-refractivity contribution in [1.82, 2.24) is 5.32 Å². The fraction of sp³-hybridized carbons (Fsp3) is 0.533. The zero-order chi connectivity index (χ0) is 13.7. The Morgan fingerprint density at radius 2 is 2.37 bits per heavy atom. The second-order valence-electron chi connectivity index (χ2n) is 4.84. The lowest BCUT2D eigenvalue weighted by molar-refractivity contribution is 0.0694. The van der Waals surface area contributed by atoms with Gasteiger partial charge in [0.05, 0.1) is 6.10 Å². The van der Waals surface area contributed by atoms with Crippen molar-refractivity contribution in [3.63, 3.8) is 0 Å². The van der Waals surface area contributed by atoms with Crippen LogP contribution in [-0.2, 0) is 11.2 Å². The highest BCUT2D eigenvalue weighted by Gasteiger charge is 2.17. The molecule has 2 N–H and O–H groups in total. The summed E-state index contributed by atoms with van der Waals surface area (Å²) in [6.45, 7) is 6.12. The molecule has 1 aromatic carbocycles. The molecule has 1 aliphatic heterocycles. The highest BCUT2D eigenvalue weighted by molar-refractivity contribution is 5.97. The van der Waals surface area contributed by atoms with Gasteiger partial charge in [0.1, 0.15) is 0 Å². The fourth-order valence-corrected chi connectivity index (χ4v) is 2.40. The zero-order valence-corrected chi connectivity index (χ0v) is 11.7. The van der Waals surface area contributed by atoms with Crippen molar-refractivity contribution in [3.8, 4) is 0 Å². The fourth-order valence-electron chi connectivity index (χ4n) is 2.40. The number of nitrogens with one attached hydrogen (secondary N) is 2. The van der Waals surface area contributed by atoms with Crippen molar-refractivity contribution in [2.24, 2.45) is 0 Å². The molecule has 4 nitrogen and oxygen atoms in total. The number of carbonyl (C=O) groups is 1. The third-order valence-electron chi connectivity index (χ3n) is 3.34. The minimum absolute atomic E-state index is 0.00731. The lowest BCUT2D eigenvalue weighted by Crippen LogP contribution is -2.33. The summed E-state index contributed by atoms with van der Waals surface area (Å²) in [7, 11) is 0. The molecule has 1 aliphatic rings. The highest BCUT2D eigenvalue weighted by atomic mass is 16.5. The van der Waals surface area contributed by atoms with Crippen molar-refractivity contribution in [2.75, 3.05) is 25.0 Å². The molecule has 0 saturated heterocycles. The minimum atomic E-state index is -0.00731. The molecule has 0 saturated carbocycles. The second-order valence-corrected chi connectivity index (χ2v) is 4.84. The van der Waals surface area contributed by atoms with Crippen molar-refractivity contribution in [2.45, 2.75) is 32.8 Å². The Labute approximate surface area is 114 Å². The van der Waals surface area contributed by atoms with Crippen LogP contribution in [0.4, 0.5) is 5.69 Å². The smallest absolute Gasteiger partial charge is 0.251 e. The van der Waals surface area contributed by atoms with Gasteiger partial charge in [-0.05, 0) is 44.4 Å². The molecule has 1 amide bonds. The molecule has 0 radical (unpaired) electrons. The summed E-state index contributed by atoms with van der Waals surface area (Å²) in [5, 5.41) is 6.28. The first-order valence-corrected chi connectivity index (χ1v) is 6.98. The molecule has 104 valence electrons. The number of amides is 1. The van der Waals surface area contributed by atoms with Gasteiger partial charge in [-0.1, -0.05) is 6.07 Å². The zero-order valence-electron chi connectivity index (χ0n) is 11.7. The normalized spacial score (nSPS) is 15.3. The molecule has 0 fully saturated rings. The molecule has 1 heterocycles. The number of carbonyl (C=O) groups excluding carboxylic acids is 1. The minimum Gasteiger partial charge on any atom is -0.385 e. The van der Waals surface area contributed by atoms with E-state index < -0.39 is 0 Å². The largest absolute Gasteiger partial charge is 0.385 e. The van der Waals surface area contributed by atoms with Crippen LogP contribution < -0.4 is 10.6 Å². The van der Waals surface area contributed by atoms with E-state index in [1.165, 1.54) is 0 Å². The maximum absolute atomic E-state index is 12.2. The van der Waals surface area contributed by atoms with Crippen LogP contribution in [0, 0.1) is 0 Å². The summed E-state index contributed by atoms with van der Waals surface area (Å²) in [6.07, 6.45) is 2.09. The molecular formula is C15H22N2O2. The van der Waals surface area contributed by atoms with Crippen molar-refractivity contribution >= 4 is 11.6 Å². The summed E-state index contributed by atoms with van der Waals surface area (Å²) in [4.78, 5) is 12.2. The number of ether oxygens (including phenoxy) is 1. The van der Waals surface area contributed by atoms with Gasteiger partial charge in [0.2, 0.25) is 0 Å². The van der Waals surface area contributed by atoms with Gasteiger partial charge in [-0.15, -0.1) is 0 Å². The molecule has 1 unspecified atom stereocenters. The molecule has 0 aromatic heterocycles. The molecular weight excluding hydrogens is 240 g/mol. The summed E-state index contributed by atoms with van der Waals surface area (Å²) in [5.74, 6) is -0.00731. The molecule has 0 spiro atoms. The van der Waals surface area contributed by atoms with Crippen LogP contribution in [0.25, 0.3) is 0 Å². The Morgan fingerprint density at radius 3 is 3.16 bits per heavy atom. The predicted octanol–water partition coefficient (Wildman–Crippen LogP) is 2.20. The average Bonchev–Trinajstić information content (AvgIpc) is 2.44. The topological polar surface area (TPSA) is 50.4 Å². The van der Waals surface area contributed by atoms with Crippen molar-refractivity contribution < 1.29 is 9.53 Å². The maximum atomic E-state index is 12.2. The molecule has 1 atom stereocenters. The van der Waals surface area contributed by atoms with Gasteiger partial charge >= 0.3 is 0 Å². The Balaban J connectivity index is 2.03. The van der Waals surface area contributed by atoms with E-state index in [2.05, 4.69) is 10.6 Å². The lowest BCUT2D eigenvalue weighted by Gasteiger charge is -2.21. The number of anilines is 1. The van der Waals surface area contributed by atoms with E-state index in [-0.39, 0.29) is 12.0 Å². The second kappa shape index (κ2) is 6.57. The van der Waals surface area contributed by atoms with Crippen LogP contribution in [0.1, 0.15) is 36.2 Å². The van der Waals surface area contributed by atoms with Gasteiger partial charge in [0, 0.05) is 30.9 Å². The quantitative estimate of drug-likeness (QED) is 0.855. The van der Waals surface area contributed by atoms with Gasteiger partial charge in [-0.3, -0.25) is 4.79 Å². The third-order valence-corrected chi connectivity index (χ3v) is 3.34. The first-order chi connectivity index (χ1) is 9.22. The SMILES string of the molecule is CCOC(C)CNC(=O)c1cccc2c1CCCN2. The van der Waals surface area contributed by atoms with E-state index in [4.69, 9.17) is 4.74 Å². The van der Waals surface area contributed by atoms with Gasteiger partial charge in [0.15, 0.2) is 0 Å². The summed E-state index contributed by atoms with van der Waals surface area (Å²) in [6, 6.07) is 5.86. The van der Waals surface area contributed by atoms with Gasteiger partial charge in [0.25, 0.3) is 5.91 Å². The van der Waals surface area contributed by atoms with Gasteiger partial charge in [-0.2, -0.15) is 0 Å². The van der Waals surface area contributed by atoms with E-state index in [1.807, 2.05) is 32.0 Å². The molecule has 0 bridgehead atoms. The van der Waals surface area contributed by atoms with Crippen LogP contribution >= 0.6 is 0 Å². The Kier molecular flexibility index (Phi) is 4.80. The van der Waals surface area contributed by atoms with E-state index in [0.717, 1.165) is 36.2 Å². The van der Waals surface area contributed by atoms with Gasteiger partial charge in [-0.25, -0.2) is 0 Å². The maximum Gasteiger partial charge on any atom is 0.251 e. The van der Waals surface area contributed by atoms with Crippen LogP contribution in [0.2, 0.25) is 0 Å². The molecule has 1 aromatic rings. The van der Waals surface area contributed by atoms with E-state index in [9.17, 15) is 4.79 Å². The lowest BCUT2D eigenvalue weighted by atomic mass is 9.97. The van der Waals surface area contributed by atoms with E-state index >= 15 is 0 Å².